The summed E-state index contributed by atoms with van der Waals surface area (Å²) in [5, 5.41) is 14.5. The Labute approximate surface area is 196 Å². The number of para-hydroxylation sites is 1. The number of hydrogen-bond donors (Lipinski definition) is 1. The Balaban J connectivity index is 1.32. The standard InChI is InChI=1S/C23H22N6O4S/c1-15-14-19(27-28(15)2)22-25-26-23(33-22)24-21(30)17-9-11-18(12-10-17)34(31,32)29-13-5-7-16-6-3-4-8-20(16)29/h3-4,6,8-12,14H,5,7,13H2,1-2H3,(H,24,26,30). The van der Waals surface area contributed by atoms with Gasteiger partial charge in [0.1, 0.15) is 5.69 Å². The van der Waals surface area contributed by atoms with Gasteiger partial charge in [-0.2, -0.15) is 5.10 Å². The molecule has 1 N–H and O–H groups in total. The molecule has 11 heteroatoms. The molecule has 2 aromatic carbocycles. The summed E-state index contributed by atoms with van der Waals surface area (Å²) in [4.78, 5) is 12.7. The van der Waals surface area contributed by atoms with Crippen molar-refractivity contribution in [1.29, 1.82) is 0 Å². The van der Waals surface area contributed by atoms with Gasteiger partial charge in [-0.3, -0.25) is 19.1 Å². The lowest BCUT2D eigenvalue weighted by Crippen LogP contribution is -2.35. The molecule has 0 fully saturated rings. The van der Waals surface area contributed by atoms with Crippen LogP contribution in [0.4, 0.5) is 11.7 Å². The predicted octanol–water partition coefficient (Wildman–Crippen LogP) is 3.17. The highest BCUT2D eigenvalue weighted by Gasteiger charge is 2.29. The maximum Gasteiger partial charge on any atom is 0.322 e. The number of nitrogens with one attached hydrogen (secondary N) is 1. The first-order chi connectivity index (χ1) is 16.3. The summed E-state index contributed by atoms with van der Waals surface area (Å²) in [6.07, 6.45) is 1.60. The zero-order chi connectivity index (χ0) is 23.9. The number of anilines is 2. The van der Waals surface area contributed by atoms with Crippen molar-refractivity contribution in [2.45, 2.75) is 24.7 Å². The Morgan fingerprint density at radius 2 is 1.85 bits per heavy atom. The number of carbonyl (C=O) groups is 1. The van der Waals surface area contributed by atoms with Crippen LogP contribution in [0.15, 0.2) is 63.9 Å². The van der Waals surface area contributed by atoms with Gasteiger partial charge in [0.05, 0.1) is 10.6 Å². The number of carbonyl (C=O) groups excluding carboxylic acids is 1. The van der Waals surface area contributed by atoms with Crippen molar-refractivity contribution in [1.82, 2.24) is 20.0 Å². The topological polar surface area (TPSA) is 123 Å². The average molecular weight is 479 g/mol. The largest absolute Gasteiger partial charge is 0.401 e. The Kier molecular flexibility index (Phi) is 5.40. The number of aromatic nitrogens is 4. The smallest absolute Gasteiger partial charge is 0.322 e. The molecule has 5 rings (SSSR count). The molecule has 1 aliphatic heterocycles. The first kappa shape index (κ1) is 21.8. The van der Waals surface area contributed by atoms with Gasteiger partial charge >= 0.3 is 6.01 Å². The molecule has 0 saturated heterocycles. The summed E-state index contributed by atoms with van der Waals surface area (Å²) in [5.74, 6) is -0.318. The van der Waals surface area contributed by atoms with Crippen LogP contribution in [0.3, 0.4) is 0 Å². The van der Waals surface area contributed by atoms with E-state index >= 15 is 0 Å². The molecule has 10 nitrogen and oxygen atoms in total. The summed E-state index contributed by atoms with van der Waals surface area (Å²) in [6, 6.07) is 15.0. The number of benzene rings is 2. The fourth-order valence-corrected chi connectivity index (χ4v) is 5.41. The molecular weight excluding hydrogens is 456 g/mol. The van der Waals surface area contributed by atoms with E-state index in [0.717, 1.165) is 24.1 Å². The molecule has 0 spiro atoms. The minimum atomic E-state index is -3.75. The lowest BCUT2D eigenvalue weighted by atomic mass is 10.0. The molecule has 174 valence electrons. The van der Waals surface area contributed by atoms with E-state index in [1.165, 1.54) is 28.6 Å². The molecule has 4 aromatic rings. The number of rotatable bonds is 5. The fourth-order valence-electron chi connectivity index (χ4n) is 3.87. The molecule has 34 heavy (non-hydrogen) atoms. The van der Waals surface area contributed by atoms with Gasteiger partial charge in [-0.25, -0.2) is 8.42 Å². The maximum atomic E-state index is 13.3. The minimum absolute atomic E-state index is 0.0788. The molecule has 0 saturated carbocycles. The third-order valence-electron chi connectivity index (χ3n) is 5.75. The van der Waals surface area contributed by atoms with Crippen LogP contribution >= 0.6 is 0 Å². The van der Waals surface area contributed by atoms with Gasteiger partial charge in [0, 0.05) is 24.8 Å². The van der Waals surface area contributed by atoms with E-state index in [-0.39, 0.29) is 22.4 Å². The van der Waals surface area contributed by atoms with Gasteiger partial charge < -0.3 is 4.42 Å². The molecular formula is C23H22N6O4S. The highest BCUT2D eigenvalue weighted by Crippen LogP contribution is 2.31. The van der Waals surface area contributed by atoms with E-state index < -0.39 is 15.9 Å². The second kappa shape index (κ2) is 8.41. The van der Waals surface area contributed by atoms with Gasteiger partial charge in [0.15, 0.2) is 0 Å². The predicted molar refractivity (Wildman–Crippen MR) is 125 cm³/mol. The van der Waals surface area contributed by atoms with E-state index in [2.05, 4.69) is 20.6 Å². The number of hydrogen-bond acceptors (Lipinski definition) is 7. The van der Waals surface area contributed by atoms with Crippen LogP contribution in [0.25, 0.3) is 11.6 Å². The molecule has 2 aromatic heterocycles. The highest BCUT2D eigenvalue weighted by atomic mass is 32.2. The normalized spacial score (nSPS) is 13.5. The number of sulfonamides is 1. The summed E-state index contributed by atoms with van der Waals surface area (Å²) in [6.45, 7) is 2.31. The molecule has 0 unspecified atom stereocenters. The summed E-state index contributed by atoms with van der Waals surface area (Å²) >= 11 is 0. The van der Waals surface area contributed by atoms with Crippen LogP contribution < -0.4 is 9.62 Å². The van der Waals surface area contributed by atoms with Crippen molar-refractivity contribution < 1.29 is 17.6 Å². The van der Waals surface area contributed by atoms with Gasteiger partial charge in [-0.05, 0) is 61.7 Å². The SMILES string of the molecule is Cc1cc(-c2nnc(NC(=O)c3ccc(S(=O)(=O)N4CCCc5ccccc54)cc3)o2)nn1C. The van der Waals surface area contributed by atoms with Crippen LogP contribution in [0.2, 0.25) is 0 Å². The number of aryl methyl sites for hydroxylation is 3. The quantitative estimate of drug-likeness (QED) is 0.467. The first-order valence-electron chi connectivity index (χ1n) is 10.7. The van der Waals surface area contributed by atoms with Crippen molar-refractivity contribution in [3.05, 3.63) is 71.4 Å². The number of nitrogens with zero attached hydrogens (tertiary/aromatic N) is 5. The van der Waals surface area contributed by atoms with E-state index in [1.54, 1.807) is 17.8 Å². The Morgan fingerprint density at radius 3 is 2.59 bits per heavy atom. The van der Waals surface area contributed by atoms with E-state index in [9.17, 15) is 13.2 Å². The summed E-state index contributed by atoms with van der Waals surface area (Å²) in [5.41, 5.74) is 3.38. The fraction of sp³-hybridized carbons (Fsp3) is 0.217. The lowest BCUT2D eigenvalue weighted by Gasteiger charge is -2.30. The van der Waals surface area contributed by atoms with Crippen molar-refractivity contribution >= 4 is 27.6 Å². The molecule has 0 aliphatic carbocycles. The van der Waals surface area contributed by atoms with E-state index in [0.29, 0.717) is 17.9 Å². The van der Waals surface area contributed by atoms with Gasteiger partial charge in [-0.1, -0.05) is 23.3 Å². The Bertz CT molecular complexity index is 1450. The zero-order valence-corrected chi connectivity index (χ0v) is 19.4. The van der Waals surface area contributed by atoms with Crippen LogP contribution in [0.1, 0.15) is 28.0 Å². The third kappa shape index (κ3) is 3.94. The molecule has 0 bridgehead atoms. The highest BCUT2D eigenvalue weighted by molar-refractivity contribution is 7.92. The Hall–Kier alpha value is -3.99. The van der Waals surface area contributed by atoms with Crippen LogP contribution in [-0.4, -0.2) is 40.8 Å². The van der Waals surface area contributed by atoms with E-state index in [1.807, 2.05) is 31.2 Å². The minimum Gasteiger partial charge on any atom is -0.401 e. The van der Waals surface area contributed by atoms with Crippen LogP contribution in [-0.2, 0) is 23.5 Å². The van der Waals surface area contributed by atoms with Gasteiger partial charge in [0.25, 0.3) is 21.8 Å². The van der Waals surface area contributed by atoms with Crippen molar-refractivity contribution in [2.75, 3.05) is 16.2 Å². The van der Waals surface area contributed by atoms with Crippen molar-refractivity contribution in [2.24, 2.45) is 7.05 Å². The molecule has 3 heterocycles. The lowest BCUT2D eigenvalue weighted by molar-refractivity contribution is 0.102. The van der Waals surface area contributed by atoms with Gasteiger partial charge in [-0.15, -0.1) is 5.10 Å². The molecule has 0 atom stereocenters. The zero-order valence-electron chi connectivity index (χ0n) is 18.6. The number of fused-ring (bicyclic) bond motifs is 1. The van der Waals surface area contributed by atoms with Crippen molar-refractivity contribution in [3.63, 3.8) is 0 Å². The van der Waals surface area contributed by atoms with Crippen molar-refractivity contribution in [3.8, 4) is 11.6 Å². The second-order valence-electron chi connectivity index (χ2n) is 7.99. The number of amides is 1. The maximum absolute atomic E-state index is 13.3. The Morgan fingerprint density at radius 1 is 1.09 bits per heavy atom. The van der Waals surface area contributed by atoms with Crippen LogP contribution in [0.5, 0.6) is 0 Å². The summed E-state index contributed by atoms with van der Waals surface area (Å²) in [7, 11) is -1.96. The second-order valence-corrected chi connectivity index (χ2v) is 9.86. The third-order valence-corrected chi connectivity index (χ3v) is 7.58. The molecule has 1 amide bonds. The first-order valence-corrected chi connectivity index (χ1v) is 12.1. The summed E-state index contributed by atoms with van der Waals surface area (Å²) < 4.78 is 35.1. The van der Waals surface area contributed by atoms with Gasteiger partial charge in [0.2, 0.25) is 0 Å². The monoisotopic (exact) mass is 478 g/mol. The average Bonchev–Trinajstić information content (AvgIpc) is 3.44. The molecule has 1 aliphatic rings. The van der Waals surface area contributed by atoms with Crippen LogP contribution in [0, 0.1) is 6.92 Å². The molecule has 0 radical (unpaired) electrons. The van der Waals surface area contributed by atoms with E-state index in [4.69, 9.17) is 4.42 Å².